The standard InChI is InChI=1S/C55H40N2O2/c1-59-54-33-32-43(35-49(54)51(40-20-8-3-9-21-40)37-57-45-24-12-5-13-25-45)55(52-28-16-14-26-46(52)47-27-15-17-29-53(47)55)42-31-30-41(38-58)48(34-42)50(39-18-6-2-7-19-39)36-56-44-22-10-4-11-23-44/h2-35,58H,38H2,1H3. The lowest BCUT2D eigenvalue weighted by Crippen LogP contribution is -2.29. The van der Waals surface area contributed by atoms with Crippen LogP contribution in [0.5, 0.6) is 5.75 Å². The molecule has 0 saturated heterocycles. The van der Waals surface area contributed by atoms with Crippen LogP contribution in [0.3, 0.4) is 0 Å². The predicted octanol–water partition coefficient (Wildman–Crippen LogP) is 12.4. The van der Waals surface area contributed by atoms with Crippen molar-refractivity contribution >= 4 is 34.3 Å². The zero-order chi connectivity index (χ0) is 40.0. The van der Waals surface area contributed by atoms with Crippen LogP contribution in [0.2, 0.25) is 0 Å². The molecular formula is C55H40N2O2. The van der Waals surface area contributed by atoms with E-state index in [-0.39, 0.29) is 6.61 Å². The van der Waals surface area contributed by atoms with Gasteiger partial charge in [-0.05, 0) is 110 Å². The van der Waals surface area contributed by atoms with Gasteiger partial charge in [-0.15, -0.1) is 0 Å². The van der Waals surface area contributed by atoms with Crippen LogP contribution in [0, 0.1) is 0 Å². The fourth-order valence-corrected chi connectivity index (χ4v) is 8.36. The minimum Gasteiger partial charge on any atom is -0.496 e. The highest BCUT2D eigenvalue weighted by molar-refractivity contribution is 6.02. The Hall–Kier alpha value is -7.58. The molecule has 0 radical (unpaired) electrons. The van der Waals surface area contributed by atoms with Gasteiger partial charge >= 0.3 is 0 Å². The van der Waals surface area contributed by atoms with Crippen molar-refractivity contribution in [1.29, 1.82) is 0 Å². The van der Waals surface area contributed by atoms with Gasteiger partial charge in [0.1, 0.15) is 5.75 Å². The lowest BCUT2D eigenvalue weighted by atomic mass is 9.66. The van der Waals surface area contributed by atoms with Gasteiger partial charge < -0.3 is 9.84 Å². The molecule has 1 aliphatic carbocycles. The summed E-state index contributed by atoms with van der Waals surface area (Å²) in [6, 6.07) is 70.5. The summed E-state index contributed by atoms with van der Waals surface area (Å²) in [7, 11) is 1.71. The quantitative estimate of drug-likeness (QED) is 0.141. The summed E-state index contributed by atoms with van der Waals surface area (Å²) in [6.07, 6.45) is 0. The number of hydrogen-bond donors (Lipinski definition) is 1. The number of para-hydroxylation sites is 2. The molecule has 1 aliphatic rings. The number of fused-ring (bicyclic) bond motifs is 3. The van der Waals surface area contributed by atoms with Gasteiger partial charge in [0.2, 0.25) is 0 Å². The van der Waals surface area contributed by atoms with Gasteiger partial charge in [-0.3, -0.25) is 0 Å². The van der Waals surface area contributed by atoms with E-state index in [0.29, 0.717) is 5.75 Å². The van der Waals surface area contributed by atoms with E-state index >= 15 is 0 Å². The third-order valence-electron chi connectivity index (χ3n) is 11.1. The minimum atomic E-state index is -0.784. The highest BCUT2D eigenvalue weighted by atomic mass is 16.5. The molecule has 4 nitrogen and oxygen atoms in total. The van der Waals surface area contributed by atoms with Crippen molar-refractivity contribution in [2.75, 3.05) is 7.11 Å². The Morgan fingerprint density at radius 3 is 1.41 bits per heavy atom. The maximum atomic E-state index is 10.9. The number of hydrogen-bond acceptors (Lipinski definition) is 4. The van der Waals surface area contributed by atoms with E-state index in [0.717, 1.165) is 72.6 Å². The number of rotatable bonds is 10. The number of ether oxygens (including phenoxy) is 1. The van der Waals surface area contributed by atoms with Crippen LogP contribution in [0.4, 0.5) is 11.4 Å². The molecule has 0 fully saturated rings. The molecule has 0 atom stereocenters. The molecule has 0 saturated carbocycles. The van der Waals surface area contributed by atoms with Crippen LogP contribution in [-0.2, 0) is 12.0 Å². The molecule has 0 amide bonds. The Balaban J connectivity index is 1.36. The minimum absolute atomic E-state index is 0.155. The average molecular weight is 761 g/mol. The van der Waals surface area contributed by atoms with Crippen molar-refractivity contribution in [3.63, 3.8) is 0 Å². The molecule has 9 rings (SSSR count). The molecule has 8 aromatic carbocycles. The summed E-state index contributed by atoms with van der Waals surface area (Å²) in [5, 5.41) is 10.9. The van der Waals surface area contributed by atoms with Crippen LogP contribution in [-0.4, -0.2) is 24.0 Å². The zero-order valence-electron chi connectivity index (χ0n) is 32.6. The second-order valence-corrected chi connectivity index (χ2v) is 14.4. The van der Waals surface area contributed by atoms with Crippen molar-refractivity contribution in [2.45, 2.75) is 12.0 Å². The summed E-state index contributed by atoms with van der Waals surface area (Å²) < 4.78 is 6.14. The summed E-state index contributed by atoms with van der Waals surface area (Å²) in [4.78, 5) is 9.67. The van der Waals surface area contributed by atoms with Crippen LogP contribution >= 0.6 is 0 Å². The van der Waals surface area contributed by atoms with Gasteiger partial charge in [0, 0.05) is 5.56 Å². The van der Waals surface area contributed by atoms with Crippen molar-refractivity contribution in [3.8, 4) is 16.9 Å². The molecule has 0 aliphatic heterocycles. The Morgan fingerprint density at radius 2 is 0.915 bits per heavy atom. The first-order valence-electron chi connectivity index (χ1n) is 19.7. The Labute approximate surface area is 345 Å². The maximum Gasteiger partial charge on any atom is 0.127 e. The second kappa shape index (κ2) is 16.5. The summed E-state index contributed by atoms with van der Waals surface area (Å²) in [6.45, 7) is -0.155. The first-order chi connectivity index (χ1) is 29.2. The SMILES string of the molecule is COc1ccc(C2(c3ccc(CO)c(C(=C=Nc4ccccc4)c4ccccc4)c3)c3ccccc3-c3ccccc32)cc1C(=C=Nc1ccccc1)c1ccccc1. The molecule has 4 heteroatoms. The third-order valence-corrected chi connectivity index (χ3v) is 11.1. The summed E-state index contributed by atoms with van der Waals surface area (Å²) >= 11 is 0. The lowest BCUT2D eigenvalue weighted by molar-refractivity contribution is 0.281. The van der Waals surface area contributed by atoms with E-state index in [1.54, 1.807) is 7.11 Å². The number of aliphatic hydroxyl groups excluding tert-OH is 1. The van der Waals surface area contributed by atoms with Gasteiger partial charge in [-0.2, -0.15) is 0 Å². The first-order valence-corrected chi connectivity index (χ1v) is 19.7. The Bertz CT molecular complexity index is 2700. The van der Waals surface area contributed by atoms with Crippen LogP contribution < -0.4 is 4.74 Å². The summed E-state index contributed by atoms with van der Waals surface area (Å²) in [5.41, 5.74) is 13.6. The molecular weight excluding hydrogens is 721 g/mol. The van der Waals surface area contributed by atoms with Crippen LogP contribution in [0.15, 0.2) is 216 Å². The van der Waals surface area contributed by atoms with Crippen LogP contribution in [0.1, 0.15) is 50.1 Å². The zero-order valence-corrected chi connectivity index (χ0v) is 32.6. The molecule has 1 N–H and O–H groups in total. The normalized spacial score (nSPS) is 12.0. The fraction of sp³-hybridized carbons (Fsp3) is 0.0545. The molecule has 0 heterocycles. The first kappa shape index (κ1) is 37.0. The van der Waals surface area contributed by atoms with Crippen LogP contribution in [0.25, 0.3) is 22.3 Å². The number of aliphatic hydroxyl groups is 1. The molecule has 0 bridgehead atoms. The summed E-state index contributed by atoms with van der Waals surface area (Å²) in [5.74, 6) is 7.59. The van der Waals surface area contributed by atoms with E-state index in [4.69, 9.17) is 14.7 Å². The predicted molar refractivity (Wildman–Crippen MR) is 241 cm³/mol. The van der Waals surface area contributed by atoms with Gasteiger partial charge in [0.15, 0.2) is 0 Å². The Morgan fingerprint density at radius 1 is 0.492 bits per heavy atom. The van der Waals surface area contributed by atoms with Crippen molar-refractivity contribution in [1.82, 2.24) is 0 Å². The van der Waals surface area contributed by atoms with E-state index in [1.165, 1.54) is 11.1 Å². The molecule has 0 spiro atoms. The van der Waals surface area contributed by atoms with Crippen molar-refractivity contribution in [3.05, 3.63) is 256 Å². The molecule has 0 unspecified atom stereocenters. The maximum absolute atomic E-state index is 10.9. The van der Waals surface area contributed by atoms with Gasteiger partial charge in [0.05, 0.1) is 41.7 Å². The number of benzene rings is 8. The van der Waals surface area contributed by atoms with E-state index < -0.39 is 5.41 Å². The molecule has 0 aromatic heterocycles. The van der Waals surface area contributed by atoms with Crippen molar-refractivity contribution in [2.24, 2.45) is 9.98 Å². The Kier molecular flexibility index (Phi) is 10.3. The van der Waals surface area contributed by atoms with Gasteiger partial charge in [0.25, 0.3) is 0 Å². The number of aliphatic imine (C=N–C) groups is 2. The van der Waals surface area contributed by atoms with E-state index in [1.807, 2.05) is 97.1 Å². The second-order valence-electron chi connectivity index (χ2n) is 14.4. The topological polar surface area (TPSA) is 54.2 Å². The van der Waals surface area contributed by atoms with Gasteiger partial charge in [-0.1, -0.05) is 164 Å². The monoisotopic (exact) mass is 760 g/mol. The molecule has 59 heavy (non-hydrogen) atoms. The molecule has 282 valence electrons. The highest BCUT2D eigenvalue weighted by Gasteiger charge is 2.46. The molecule has 8 aromatic rings. The smallest absolute Gasteiger partial charge is 0.127 e. The average Bonchev–Trinajstić information content (AvgIpc) is 3.61. The fourth-order valence-electron chi connectivity index (χ4n) is 8.36. The van der Waals surface area contributed by atoms with E-state index in [9.17, 15) is 5.11 Å². The van der Waals surface area contributed by atoms with Gasteiger partial charge in [-0.25, -0.2) is 9.98 Å². The van der Waals surface area contributed by atoms with E-state index in [2.05, 4.69) is 121 Å². The largest absolute Gasteiger partial charge is 0.496 e. The number of nitrogens with zero attached hydrogens (tertiary/aromatic N) is 2. The third kappa shape index (κ3) is 6.95. The van der Waals surface area contributed by atoms with Crippen molar-refractivity contribution < 1.29 is 9.84 Å². The highest BCUT2D eigenvalue weighted by Crippen LogP contribution is 2.57. The lowest BCUT2D eigenvalue weighted by Gasteiger charge is -2.35. The number of methoxy groups -OCH3 is 1.